The number of rotatable bonds is 7. The van der Waals surface area contributed by atoms with E-state index < -0.39 is 17.3 Å². The fourth-order valence-corrected chi connectivity index (χ4v) is 3.95. The van der Waals surface area contributed by atoms with Gasteiger partial charge in [-0.15, -0.1) is 0 Å². The highest BCUT2D eigenvalue weighted by atomic mass is 35.5. The molecule has 0 amide bonds. The fraction of sp³-hybridized carbons (Fsp3) is 0.154. The molecule has 0 saturated heterocycles. The maximum absolute atomic E-state index is 12.9. The first-order valence-corrected chi connectivity index (χ1v) is 11.9. The zero-order valence-electron chi connectivity index (χ0n) is 19.9. The number of ether oxygens (including phenoxy) is 1. The molecule has 3 aromatic heterocycles. The van der Waals surface area contributed by atoms with Crippen molar-refractivity contribution in [1.29, 1.82) is 0 Å². The molecule has 1 N–H and O–H groups in total. The van der Waals surface area contributed by atoms with Crippen molar-refractivity contribution in [3.05, 3.63) is 99.7 Å². The standard InChI is InChI=1S/C26H20ClF3N6O2/c1-2-35-15-32-23-22(35)24(37)34-25(36(23)14-16-3-6-18(27)7-4-16)33-19-8-10-20(11-9-19)38-21-12-5-17(13-31-21)26(28,29)30/h3-13,15H,2,14H2,1H3,(H,33,34,37). The van der Waals surface area contributed by atoms with Gasteiger partial charge in [0, 0.05) is 29.5 Å². The Morgan fingerprint density at radius 3 is 2.37 bits per heavy atom. The largest absolute Gasteiger partial charge is 0.439 e. The summed E-state index contributed by atoms with van der Waals surface area (Å²) in [4.78, 5) is 25.4. The summed E-state index contributed by atoms with van der Waals surface area (Å²) >= 11 is 6.03. The predicted molar refractivity (Wildman–Crippen MR) is 137 cm³/mol. The van der Waals surface area contributed by atoms with Crippen molar-refractivity contribution < 1.29 is 17.9 Å². The van der Waals surface area contributed by atoms with E-state index in [1.807, 2.05) is 23.6 Å². The highest BCUT2D eigenvalue weighted by molar-refractivity contribution is 6.30. The van der Waals surface area contributed by atoms with Crippen molar-refractivity contribution in [3.63, 3.8) is 0 Å². The number of anilines is 2. The van der Waals surface area contributed by atoms with Gasteiger partial charge in [0.15, 0.2) is 11.2 Å². The predicted octanol–water partition coefficient (Wildman–Crippen LogP) is 6.26. The summed E-state index contributed by atoms with van der Waals surface area (Å²) in [5, 5.41) is 3.77. The Morgan fingerprint density at radius 1 is 1.00 bits per heavy atom. The Morgan fingerprint density at radius 2 is 1.74 bits per heavy atom. The Kier molecular flexibility index (Phi) is 6.77. The normalized spacial score (nSPS) is 11.6. The summed E-state index contributed by atoms with van der Waals surface area (Å²) in [6.07, 6.45) is -2.15. The fourth-order valence-electron chi connectivity index (χ4n) is 3.82. The zero-order valence-corrected chi connectivity index (χ0v) is 20.7. The van der Waals surface area contributed by atoms with Crippen molar-refractivity contribution in [2.75, 3.05) is 5.32 Å². The Balaban J connectivity index is 1.42. The highest BCUT2D eigenvalue weighted by Crippen LogP contribution is 2.30. The molecule has 0 unspecified atom stereocenters. The van der Waals surface area contributed by atoms with E-state index in [1.165, 1.54) is 0 Å². The number of alkyl halides is 3. The van der Waals surface area contributed by atoms with Gasteiger partial charge in [0.1, 0.15) is 5.75 Å². The second-order valence-electron chi connectivity index (χ2n) is 8.29. The number of nitrogens with one attached hydrogen (secondary N) is 1. The van der Waals surface area contributed by atoms with Crippen LogP contribution in [0.3, 0.4) is 0 Å². The van der Waals surface area contributed by atoms with Crippen molar-refractivity contribution in [1.82, 2.24) is 24.1 Å². The van der Waals surface area contributed by atoms with Gasteiger partial charge in [-0.2, -0.15) is 18.2 Å². The molecule has 194 valence electrons. The van der Waals surface area contributed by atoms with E-state index >= 15 is 0 Å². The quantitative estimate of drug-likeness (QED) is 0.262. The molecule has 0 radical (unpaired) electrons. The number of halogens is 4. The number of pyridine rings is 1. The minimum Gasteiger partial charge on any atom is -0.439 e. The van der Waals surface area contributed by atoms with Crippen LogP contribution in [0, 0.1) is 0 Å². The second-order valence-corrected chi connectivity index (χ2v) is 8.73. The smallest absolute Gasteiger partial charge is 0.417 e. The first kappa shape index (κ1) is 25.3. The molecule has 0 saturated carbocycles. The molecule has 2 aromatic carbocycles. The summed E-state index contributed by atoms with van der Waals surface area (Å²) < 4.78 is 47.3. The first-order valence-electron chi connectivity index (χ1n) is 11.5. The molecule has 0 aliphatic heterocycles. The number of benzene rings is 2. The molecule has 0 bridgehead atoms. The maximum Gasteiger partial charge on any atom is 0.417 e. The van der Waals surface area contributed by atoms with E-state index in [9.17, 15) is 18.0 Å². The monoisotopic (exact) mass is 540 g/mol. The molecule has 0 spiro atoms. The van der Waals surface area contributed by atoms with Crippen LogP contribution in [0.25, 0.3) is 11.2 Å². The molecule has 0 aliphatic carbocycles. The molecule has 8 nitrogen and oxygen atoms in total. The van der Waals surface area contributed by atoms with Gasteiger partial charge in [-0.3, -0.25) is 9.36 Å². The summed E-state index contributed by atoms with van der Waals surface area (Å²) in [6, 6.07) is 16.0. The van der Waals surface area contributed by atoms with Crippen molar-refractivity contribution in [3.8, 4) is 11.6 Å². The topological polar surface area (TPSA) is 86.9 Å². The van der Waals surface area contributed by atoms with Crippen LogP contribution in [0.4, 0.5) is 24.8 Å². The summed E-state index contributed by atoms with van der Waals surface area (Å²) in [5.41, 5.74) is 1.15. The van der Waals surface area contributed by atoms with E-state index in [4.69, 9.17) is 16.3 Å². The maximum atomic E-state index is 12.9. The summed E-state index contributed by atoms with van der Waals surface area (Å²) in [6.45, 7) is 2.86. The molecule has 0 aliphatic rings. The number of hydrogen-bond donors (Lipinski definition) is 1. The van der Waals surface area contributed by atoms with Crippen LogP contribution in [0.15, 0.2) is 78.0 Å². The van der Waals surface area contributed by atoms with Crippen LogP contribution >= 0.6 is 11.6 Å². The van der Waals surface area contributed by atoms with E-state index in [2.05, 4.69) is 20.3 Å². The van der Waals surface area contributed by atoms with Gasteiger partial charge in [-0.05, 0) is 55.0 Å². The van der Waals surface area contributed by atoms with Gasteiger partial charge in [0.05, 0.1) is 18.4 Å². The molecule has 12 heteroatoms. The SMILES string of the molecule is CCn1cnc2c1c(=O)nc(Nc1ccc(Oc3ccc(C(F)(F)F)cn3)cc1)n2Cc1ccc(Cl)cc1. The molecule has 0 fully saturated rings. The van der Waals surface area contributed by atoms with Crippen molar-refractivity contribution in [2.45, 2.75) is 26.2 Å². The number of nitrogens with zero attached hydrogens (tertiary/aromatic N) is 5. The Labute approximate surface area is 219 Å². The van der Waals surface area contributed by atoms with Gasteiger partial charge in [0.25, 0.3) is 0 Å². The molecule has 5 aromatic rings. The molecule has 5 rings (SSSR count). The third kappa shape index (κ3) is 5.32. The summed E-state index contributed by atoms with van der Waals surface area (Å²) in [5.74, 6) is 0.678. The zero-order chi connectivity index (χ0) is 26.9. The van der Waals surface area contributed by atoms with Crippen molar-refractivity contribution in [2.24, 2.45) is 0 Å². The molecule has 3 heterocycles. The minimum absolute atomic E-state index is 0.0224. The van der Waals surface area contributed by atoms with Crippen LogP contribution in [-0.2, 0) is 19.3 Å². The van der Waals surface area contributed by atoms with Gasteiger partial charge >= 0.3 is 11.7 Å². The average Bonchev–Trinajstić information content (AvgIpc) is 3.33. The number of hydrogen-bond acceptors (Lipinski definition) is 6. The van der Waals surface area contributed by atoms with Crippen LogP contribution in [0.5, 0.6) is 11.6 Å². The number of aromatic nitrogens is 5. The number of imidazole rings is 1. The Bertz CT molecular complexity index is 1630. The molecular formula is C26H20ClF3N6O2. The van der Waals surface area contributed by atoms with Gasteiger partial charge in [-0.25, -0.2) is 9.97 Å². The van der Waals surface area contributed by atoms with E-state index in [-0.39, 0.29) is 11.8 Å². The van der Waals surface area contributed by atoms with E-state index in [0.29, 0.717) is 46.9 Å². The average molecular weight is 541 g/mol. The lowest BCUT2D eigenvalue weighted by atomic mass is 10.2. The van der Waals surface area contributed by atoms with Gasteiger partial charge < -0.3 is 14.6 Å². The number of aryl methyl sites for hydroxylation is 1. The minimum atomic E-state index is -4.47. The molecule has 0 atom stereocenters. The molecule has 38 heavy (non-hydrogen) atoms. The lowest BCUT2D eigenvalue weighted by Crippen LogP contribution is -2.20. The van der Waals surface area contributed by atoms with Crippen LogP contribution in [-0.4, -0.2) is 24.1 Å². The van der Waals surface area contributed by atoms with Crippen LogP contribution < -0.4 is 15.6 Å². The van der Waals surface area contributed by atoms with Crippen LogP contribution in [0.2, 0.25) is 5.02 Å². The summed E-state index contributed by atoms with van der Waals surface area (Å²) in [7, 11) is 0. The third-order valence-corrected chi connectivity index (χ3v) is 5.98. The lowest BCUT2D eigenvalue weighted by Gasteiger charge is -2.15. The highest BCUT2D eigenvalue weighted by Gasteiger charge is 2.30. The van der Waals surface area contributed by atoms with Gasteiger partial charge in [0.2, 0.25) is 11.8 Å². The second kappa shape index (κ2) is 10.2. The van der Waals surface area contributed by atoms with Crippen LogP contribution in [0.1, 0.15) is 18.1 Å². The molecular weight excluding hydrogens is 521 g/mol. The van der Waals surface area contributed by atoms with Crippen molar-refractivity contribution >= 4 is 34.4 Å². The van der Waals surface area contributed by atoms with E-state index in [0.717, 1.165) is 17.7 Å². The third-order valence-electron chi connectivity index (χ3n) is 5.73. The van der Waals surface area contributed by atoms with Gasteiger partial charge in [-0.1, -0.05) is 23.7 Å². The number of fused-ring (bicyclic) bond motifs is 1. The van der Waals surface area contributed by atoms with E-state index in [1.54, 1.807) is 47.3 Å². The first-order chi connectivity index (χ1) is 18.2. The lowest BCUT2D eigenvalue weighted by molar-refractivity contribution is -0.137. The Hall–Kier alpha value is -4.38.